The van der Waals surface area contributed by atoms with E-state index >= 15 is 0 Å². The van der Waals surface area contributed by atoms with E-state index in [1.165, 1.54) is 0 Å². The lowest BCUT2D eigenvalue weighted by atomic mass is 10.3. The van der Waals surface area contributed by atoms with E-state index in [9.17, 15) is 0 Å². The lowest BCUT2D eigenvalue weighted by Gasteiger charge is -2.04. The topological polar surface area (TPSA) is 63.9 Å². The highest BCUT2D eigenvalue weighted by Gasteiger charge is 2.09. The van der Waals surface area contributed by atoms with Gasteiger partial charge in [0.05, 0.1) is 16.1 Å². The maximum atomic E-state index is 6.05. The van der Waals surface area contributed by atoms with Gasteiger partial charge in [0.25, 0.3) is 6.01 Å². The standard InChI is InChI=1S/C13H9Cl2N3O/c14-8-2-1-3-11(12(8)15)19-13-17-9-5-4-7(16)6-10(9)18-13/h1-6H,16H2,(H,17,18). The van der Waals surface area contributed by atoms with Crippen LogP contribution in [0.2, 0.25) is 10.0 Å². The predicted octanol–water partition coefficient (Wildman–Crippen LogP) is 4.24. The van der Waals surface area contributed by atoms with Gasteiger partial charge < -0.3 is 15.5 Å². The lowest BCUT2D eigenvalue weighted by molar-refractivity contribution is 0.449. The predicted molar refractivity (Wildman–Crippen MR) is 77.0 cm³/mol. The molecule has 0 spiro atoms. The van der Waals surface area contributed by atoms with Gasteiger partial charge in [0.15, 0.2) is 5.75 Å². The van der Waals surface area contributed by atoms with Crippen molar-refractivity contribution in [2.45, 2.75) is 0 Å². The largest absolute Gasteiger partial charge is 0.424 e. The first-order chi connectivity index (χ1) is 9.13. The third kappa shape index (κ3) is 2.32. The summed E-state index contributed by atoms with van der Waals surface area (Å²) in [6.45, 7) is 0. The molecule has 0 saturated heterocycles. The molecular weight excluding hydrogens is 285 g/mol. The van der Waals surface area contributed by atoms with Gasteiger partial charge >= 0.3 is 0 Å². The maximum Gasteiger partial charge on any atom is 0.300 e. The van der Waals surface area contributed by atoms with E-state index in [0.717, 1.165) is 11.0 Å². The lowest BCUT2D eigenvalue weighted by Crippen LogP contribution is -1.87. The van der Waals surface area contributed by atoms with Crippen LogP contribution in [0.4, 0.5) is 5.69 Å². The molecular formula is C13H9Cl2N3O. The molecule has 0 bridgehead atoms. The number of H-pyrrole nitrogens is 1. The second-order valence-electron chi connectivity index (χ2n) is 3.97. The van der Waals surface area contributed by atoms with Gasteiger partial charge in [-0.1, -0.05) is 29.3 Å². The van der Waals surface area contributed by atoms with E-state index in [-0.39, 0.29) is 0 Å². The summed E-state index contributed by atoms with van der Waals surface area (Å²) in [5.41, 5.74) is 7.92. The molecule has 19 heavy (non-hydrogen) atoms. The number of hydrogen-bond donors (Lipinski definition) is 2. The Balaban J connectivity index is 1.99. The fourth-order valence-electron chi connectivity index (χ4n) is 1.72. The van der Waals surface area contributed by atoms with Crippen molar-refractivity contribution in [3.05, 3.63) is 46.4 Å². The number of fused-ring (bicyclic) bond motifs is 1. The van der Waals surface area contributed by atoms with Crippen LogP contribution in [0.15, 0.2) is 36.4 Å². The highest BCUT2D eigenvalue weighted by molar-refractivity contribution is 6.42. The average Bonchev–Trinajstić information content (AvgIpc) is 2.76. The van der Waals surface area contributed by atoms with Crippen LogP contribution in [0, 0.1) is 0 Å². The number of aromatic nitrogens is 2. The average molecular weight is 294 g/mol. The number of rotatable bonds is 2. The minimum Gasteiger partial charge on any atom is -0.424 e. The number of benzene rings is 2. The molecule has 1 heterocycles. The minimum atomic E-state index is 0.338. The molecule has 0 atom stereocenters. The number of ether oxygens (including phenoxy) is 1. The zero-order valence-corrected chi connectivity index (χ0v) is 11.2. The Labute approximate surface area is 119 Å². The van der Waals surface area contributed by atoms with E-state index in [4.69, 9.17) is 33.7 Å². The Kier molecular flexibility index (Phi) is 2.97. The molecule has 3 N–H and O–H groups in total. The Morgan fingerprint density at radius 2 is 2.00 bits per heavy atom. The van der Waals surface area contributed by atoms with Crippen molar-refractivity contribution in [3.8, 4) is 11.8 Å². The Morgan fingerprint density at radius 3 is 2.84 bits per heavy atom. The first-order valence-corrected chi connectivity index (χ1v) is 6.26. The number of nitrogens with one attached hydrogen (secondary N) is 1. The van der Waals surface area contributed by atoms with Crippen molar-refractivity contribution in [1.29, 1.82) is 0 Å². The van der Waals surface area contributed by atoms with Gasteiger partial charge in [0, 0.05) is 5.69 Å². The SMILES string of the molecule is Nc1ccc2nc(Oc3cccc(Cl)c3Cl)[nH]c2c1. The molecule has 0 unspecified atom stereocenters. The molecule has 0 amide bonds. The number of nitrogens with two attached hydrogens (primary N) is 1. The van der Waals surface area contributed by atoms with Crippen molar-refractivity contribution in [1.82, 2.24) is 9.97 Å². The molecule has 6 heteroatoms. The van der Waals surface area contributed by atoms with Crippen LogP contribution in [0.25, 0.3) is 11.0 Å². The monoisotopic (exact) mass is 293 g/mol. The van der Waals surface area contributed by atoms with Crippen LogP contribution in [0.1, 0.15) is 0 Å². The van der Waals surface area contributed by atoms with Crippen LogP contribution in [0.3, 0.4) is 0 Å². The summed E-state index contributed by atoms with van der Waals surface area (Å²) in [4.78, 5) is 7.30. The van der Waals surface area contributed by atoms with Crippen molar-refractivity contribution < 1.29 is 4.74 Å². The van der Waals surface area contributed by atoms with Crippen molar-refractivity contribution in [2.75, 3.05) is 5.73 Å². The molecule has 0 radical (unpaired) electrons. The number of imidazole rings is 1. The molecule has 1 aromatic heterocycles. The van der Waals surface area contributed by atoms with Gasteiger partial charge in [0.1, 0.15) is 5.02 Å². The van der Waals surface area contributed by atoms with Crippen molar-refractivity contribution in [3.63, 3.8) is 0 Å². The van der Waals surface area contributed by atoms with Crippen LogP contribution >= 0.6 is 23.2 Å². The Hall–Kier alpha value is -1.91. The third-order valence-electron chi connectivity index (χ3n) is 2.61. The fraction of sp³-hybridized carbons (Fsp3) is 0. The van der Waals surface area contributed by atoms with E-state index in [2.05, 4.69) is 9.97 Å². The highest BCUT2D eigenvalue weighted by atomic mass is 35.5. The molecule has 0 fully saturated rings. The number of hydrogen-bond acceptors (Lipinski definition) is 3. The van der Waals surface area contributed by atoms with Gasteiger partial charge in [-0.2, -0.15) is 4.98 Å². The molecule has 3 aromatic rings. The number of anilines is 1. The van der Waals surface area contributed by atoms with Crippen molar-refractivity contribution >= 4 is 39.9 Å². The molecule has 96 valence electrons. The van der Waals surface area contributed by atoms with Gasteiger partial charge in [-0.05, 0) is 30.3 Å². The highest BCUT2D eigenvalue weighted by Crippen LogP contribution is 2.34. The smallest absolute Gasteiger partial charge is 0.300 e. The molecule has 0 aliphatic carbocycles. The van der Waals surface area contributed by atoms with Crippen LogP contribution in [-0.2, 0) is 0 Å². The number of halogens is 2. The summed E-state index contributed by atoms with van der Waals surface area (Å²) in [5.74, 6) is 0.446. The maximum absolute atomic E-state index is 6.05. The molecule has 0 aliphatic heterocycles. The van der Waals surface area contributed by atoms with E-state index in [0.29, 0.717) is 27.5 Å². The summed E-state index contributed by atoms with van der Waals surface area (Å²) >= 11 is 12.0. The molecule has 0 aliphatic rings. The van der Waals surface area contributed by atoms with Crippen LogP contribution < -0.4 is 10.5 Å². The van der Waals surface area contributed by atoms with Gasteiger partial charge in [-0.25, -0.2) is 0 Å². The summed E-state index contributed by atoms with van der Waals surface area (Å²) in [6.07, 6.45) is 0. The second kappa shape index (κ2) is 4.64. The van der Waals surface area contributed by atoms with E-state index in [1.807, 2.05) is 6.07 Å². The molecule has 4 nitrogen and oxygen atoms in total. The van der Waals surface area contributed by atoms with Gasteiger partial charge in [0.2, 0.25) is 0 Å². The zero-order valence-electron chi connectivity index (χ0n) is 9.65. The third-order valence-corrected chi connectivity index (χ3v) is 3.41. The fourth-order valence-corrected chi connectivity index (χ4v) is 2.05. The van der Waals surface area contributed by atoms with Gasteiger partial charge in [-0.3, -0.25) is 0 Å². The first-order valence-electron chi connectivity index (χ1n) is 5.50. The second-order valence-corrected chi connectivity index (χ2v) is 4.76. The van der Waals surface area contributed by atoms with Crippen LogP contribution in [-0.4, -0.2) is 9.97 Å². The van der Waals surface area contributed by atoms with Gasteiger partial charge in [-0.15, -0.1) is 0 Å². The summed E-state index contributed by atoms with van der Waals surface area (Å²) in [5, 5.41) is 0.781. The van der Waals surface area contributed by atoms with E-state index in [1.54, 1.807) is 30.3 Å². The summed E-state index contributed by atoms with van der Waals surface area (Å²) in [6, 6.07) is 10.9. The number of nitrogens with zero attached hydrogens (tertiary/aromatic N) is 1. The molecule has 3 rings (SSSR count). The molecule has 0 saturated carbocycles. The Bertz CT molecular complexity index is 755. The summed E-state index contributed by atoms with van der Waals surface area (Å²) in [7, 11) is 0. The van der Waals surface area contributed by atoms with Crippen LogP contribution in [0.5, 0.6) is 11.8 Å². The molecule has 2 aromatic carbocycles. The first kappa shape index (κ1) is 12.1. The Morgan fingerprint density at radius 1 is 1.16 bits per heavy atom. The van der Waals surface area contributed by atoms with E-state index < -0.39 is 0 Å². The van der Waals surface area contributed by atoms with Crippen molar-refractivity contribution in [2.24, 2.45) is 0 Å². The quantitative estimate of drug-likeness (QED) is 0.695. The normalized spacial score (nSPS) is 10.8. The zero-order chi connectivity index (χ0) is 13.4. The summed E-state index contributed by atoms with van der Waals surface area (Å²) < 4.78 is 5.59. The minimum absolute atomic E-state index is 0.338. The number of nitrogen functional groups attached to an aromatic ring is 1. The number of aromatic amines is 1.